The highest BCUT2D eigenvalue weighted by Crippen LogP contribution is 2.29. The van der Waals surface area contributed by atoms with Gasteiger partial charge in [-0.05, 0) is 24.6 Å². The van der Waals surface area contributed by atoms with Crippen LogP contribution in [0.25, 0.3) is 0 Å². The van der Waals surface area contributed by atoms with Gasteiger partial charge in [-0.25, -0.2) is 0 Å². The van der Waals surface area contributed by atoms with Crippen LogP contribution in [0.15, 0.2) is 12.1 Å². The van der Waals surface area contributed by atoms with E-state index in [2.05, 4.69) is 4.74 Å². The molecule has 0 unspecified atom stereocenters. The zero-order valence-electron chi connectivity index (χ0n) is 8.34. The quantitative estimate of drug-likeness (QED) is 0.894. The zero-order chi connectivity index (χ0) is 12.3. The van der Waals surface area contributed by atoms with Crippen molar-refractivity contribution in [1.82, 2.24) is 0 Å². The molecule has 3 nitrogen and oxygen atoms in total. The Labute approximate surface area is 95.6 Å². The summed E-state index contributed by atoms with van der Waals surface area (Å²) in [5.41, 5.74) is 0.600. The molecule has 0 fully saturated rings. The van der Waals surface area contributed by atoms with E-state index in [0.717, 1.165) is 0 Å². The number of carboxylic acids is 1. The molecule has 0 aliphatic rings. The smallest absolute Gasteiger partial charge is 0.387 e. The molecule has 16 heavy (non-hydrogen) atoms. The predicted molar refractivity (Wildman–Crippen MR) is 54.2 cm³/mol. The summed E-state index contributed by atoms with van der Waals surface area (Å²) < 4.78 is 28.4. The number of hydrogen-bond acceptors (Lipinski definition) is 2. The van der Waals surface area contributed by atoms with Crippen molar-refractivity contribution >= 4 is 17.6 Å². The number of rotatable bonds is 4. The summed E-state index contributed by atoms with van der Waals surface area (Å²) in [5.74, 6) is -1.29. The zero-order valence-corrected chi connectivity index (χ0v) is 9.09. The van der Waals surface area contributed by atoms with Crippen LogP contribution in [0.3, 0.4) is 0 Å². The molecule has 0 aromatic heterocycles. The van der Waals surface area contributed by atoms with E-state index < -0.39 is 19.0 Å². The topological polar surface area (TPSA) is 46.5 Å². The summed E-state index contributed by atoms with van der Waals surface area (Å²) in [6.45, 7) is -1.44. The van der Waals surface area contributed by atoms with E-state index in [1.54, 1.807) is 6.92 Å². The van der Waals surface area contributed by atoms with Crippen molar-refractivity contribution in [2.45, 2.75) is 20.0 Å². The minimum absolute atomic E-state index is 0.153. The lowest BCUT2D eigenvalue weighted by Gasteiger charge is -2.12. The fourth-order valence-corrected chi connectivity index (χ4v) is 1.46. The van der Waals surface area contributed by atoms with Crippen LogP contribution in [0.2, 0.25) is 5.02 Å². The Hall–Kier alpha value is -1.36. The molecule has 0 heterocycles. The molecule has 6 heteroatoms. The van der Waals surface area contributed by atoms with Crippen LogP contribution in [-0.4, -0.2) is 17.7 Å². The van der Waals surface area contributed by atoms with Gasteiger partial charge in [0.15, 0.2) is 0 Å². The Kier molecular flexibility index (Phi) is 4.06. The Morgan fingerprint density at radius 1 is 1.56 bits per heavy atom. The van der Waals surface area contributed by atoms with E-state index in [1.807, 2.05) is 0 Å². The van der Waals surface area contributed by atoms with Crippen molar-refractivity contribution in [2.24, 2.45) is 0 Å². The van der Waals surface area contributed by atoms with Gasteiger partial charge in [0, 0.05) is 10.6 Å². The lowest BCUT2D eigenvalue weighted by atomic mass is 10.0. The van der Waals surface area contributed by atoms with Crippen molar-refractivity contribution in [2.75, 3.05) is 0 Å². The van der Waals surface area contributed by atoms with Crippen molar-refractivity contribution in [3.8, 4) is 5.75 Å². The number of halogens is 3. The minimum Gasteiger partial charge on any atom is -0.481 e. The van der Waals surface area contributed by atoms with Crippen molar-refractivity contribution in [3.63, 3.8) is 0 Å². The molecule has 0 aliphatic carbocycles. The number of carboxylic acid groups (broad SMARTS) is 1. The summed E-state index contributed by atoms with van der Waals surface area (Å²) in [4.78, 5) is 10.6. The highest BCUT2D eigenvalue weighted by Gasteiger charge is 2.16. The summed E-state index contributed by atoms with van der Waals surface area (Å²) in [6.07, 6.45) is -0.408. The molecule has 0 spiro atoms. The van der Waals surface area contributed by atoms with E-state index in [0.29, 0.717) is 10.6 Å². The average Bonchev–Trinajstić information content (AvgIpc) is 2.16. The lowest BCUT2D eigenvalue weighted by Crippen LogP contribution is -2.09. The van der Waals surface area contributed by atoms with Gasteiger partial charge in [-0.1, -0.05) is 11.6 Å². The number of benzene rings is 1. The molecular weight excluding hydrogens is 242 g/mol. The molecule has 0 atom stereocenters. The second-order valence-corrected chi connectivity index (χ2v) is 3.51. The third-order valence-electron chi connectivity index (χ3n) is 2.03. The van der Waals surface area contributed by atoms with E-state index in [4.69, 9.17) is 16.7 Å². The fraction of sp³-hybridized carbons (Fsp3) is 0.300. The average molecular weight is 251 g/mol. The molecule has 1 aromatic rings. The molecular formula is C10H9ClF2O3. The number of hydrogen-bond donors (Lipinski definition) is 1. The maximum Gasteiger partial charge on any atom is 0.387 e. The summed E-state index contributed by atoms with van der Waals surface area (Å²) in [6, 6.07) is 2.62. The lowest BCUT2D eigenvalue weighted by molar-refractivity contribution is -0.136. The molecule has 1 N–H and O–H groups in total. The first kappa shape index (κ1) is 12.7. The van der Waals surface area contributed by atoms with Crippen LogP contribution in [0.5, 0.6) is 5.75 Å². The van der Waals surface area contributed by atoms with Crippen LogP contribution in [0.4, 0.5) is 8.78 Å². The Balaban J connectivity index is 3.15. The molecule has 0 amide bonds. The van der Waals surface area contributed by atoms with E-state index in [-0.39, 0.29) is 11.3 Å². The molecule has 1 rings (SSSR count). The van der Waals surface area contributed by atoms with Crippen molar-refractivity contribution in [1.29, 1.82) is 0 Å². The highest BCUT2D eigenvalue weighted by molar-refractivity contribution is 6.31. The molecule has 0 saturated carbocycles. The van der Waals surface area contributed by atoms with E-state index >= 15 is 0 Å². The molecule has 0 bridgehead atoms. The molecule has 0 saturated heterocycles. The normalized spacial score (nSPS) is 10.6. The van der Waals surface area contributed by atoms with Crippen LogP contribution >= 0.6 is 11.6 Å². The van der Waals surface area contributed by atoms with Crippen LogP contribution in [0.1, 0.15) is 11.1 Å². The third kappa shape index (κ3) is 3.06. The second-order valence-electron chi connectivity index (χ2n) is 3.10. The maximum absolute atomic E-state index is 12.1. The van der Waals surface area contributed by atoms with Gasteiger partial charge in [-0.3, -0.25) is 4.79 Å². The Bertz CT molecular complexity index is 407. The Morgan fingerprint density at radius 2 is 2.19 bits per heavy atom. The summed E-state index contributed by atoms with van der Waals surface area (Å²) >= 11 is 5.77. The first-order chi connectivity index (χ1) is 7.41. The van der Waals surface area contributed by atoms with Gasteiger partial charge in [0.05, 0.1) is 6.42 Å². The van der Waals surface area contributed by atoms with Crippen molar-refractivity contribution in [3.05, 3.63) is 28.3 Å². The van der Waals surface area contributed by atoms with Gasteiger partial charge in [-0.15, -0.1) is 0 Å². The number of aliphatic carboxylic acids is 1. The van der Waals surface area contributed by atoms with E-state index in [1.165, 1.54) is 12.1 Å². The first-order valence-corrected chi connectivity index (χ1v) is 4.74. The fourth-order valence-electron chi connectivity index (χ4n) is 1.28. The molecule has 1 aromatic carbocycles. The summed E-state index contributed by atoms with van der Waals surface area (Å²) in [7, 11) is 0. The van der Waals surface area contributed by atoms with E-state index in [9.17, 15) is 13.6 Å². The van der Waals surface area contributed by atoms with Gasteiger partial charge in [0.2, 0.25) is 0 Å². The summed E-state index contributed by atoms with van der Waals surface area (Å²) in [5, 5.41) is 8.97. The minimum atomic E-state index is -2.99. The molecule has 0 aliphatic heterocycles. The molecule has 0 radical (unpaired) electrons. The Morgan fingerprint density at radius 3 is 2.69 bits per heavy atom. The predicted octanol–water partition coefficient (Wildman–Crippen LogP) is 2.88. The van der Waals surface area contributed by atoms with Crippen molar-refractivity contribution < 1.29 is 23.4 Å². The number of carbonyl (C=O) groups is 1. The second kappa shape index (κ2) is 5.12. The largest absolute Gasteiger partial charge is 0.481 e. The number of alkyl halides is 2. The highest BCUT2D eigenvalue weighted by atomic mass is 35.5. The van der Waals surface area contributed by atoms with Gasteiger partial charge < -0.3 is 9.84 Å². The van der Waals surface area contributed by atoms with Gasteiger partial charge in [0.25, 0.3) is 0 Å². The third-order valence-corrected chi connectivity index (χ3v) is 2.44. The first-order valence-electron chi connectivity index (χ1n) is 4.36. The van der Waals surface area contributed by atoms with Crippen LogP contribution in [-0.2, 0) is 11.2 Å². The van der Waals surface area contributed by atoms with Gasteiger partial charge >= 0.3 is 12.6 Å². The van der Waals surface area contributed by atoms with Crippen LogP contribution in [0, 0.1) is 6.92 Å². The molecule has 88 valence electrons. The standard InChI is InChI=1S/C10H9ClF2O3/c1-5-6(4-9(14)15)8(16-10(12)13)3-2-7(5)11/h2-3,10H,4H2,1H3,(H,14,15). The van der Waals surface area contributed by atoms with Gasteiger partial charge in [-0.2, -0.15) is 8.78 Å². The van der Waals surface area contributed by atoms with Crippen LogP contribution < -0.4 is 4.74 Å². The SMILES string of the molecule is Cc1c(Cl)ccc(OC(F)F)c1CC(=O)O. The monoisotopic (exact) mass is 250 g/mol. The number of ether oxygens (including phenoxy) is 1. The van der Waals surface area contributed by atoms with Gasteiger partial charge in [0.1, 0.15) is 5.75 Å². The maximum atomic E-state index is 12.1.